The van der Waals surface area contributed by atoms with Crippen molar-refractivity contribution in [2.45, 2.75) is 13.0 Å². The van der Waals surface area contributed by atoms with Gasteiger partial charge in [0.2, 0.25) is 0 Å². The van der Waals surface area contributed by atoms with Crippen LogP contribution in [-0.4, -0.2) is 32.1 Å². The van der Waals surface area contributed by atoms with E-state index in [1.165, 1.54) is 0 Å². The third kappa shape index (κ3) is 2.82. The molecule has 114 valence electrons. The fraction of sp³-hybridized carbons (Fsp3) is 0.200. The molecule has 0 bridgehead atoms. The monoisotopic (exact) mass is 380 g/mol. The number of rotatable bonds is 4. The van der Waals surface area contributed by atoms with Gasteiger partial charge in [-0.05, 0) is 28.9 Å². The van der Waals surface area contributed by atoms with E-state index in [4.69, 9.17) is 11.6 Å². The van der Waals surface area contributed by atoms with Gasteiger partial charge in [-0.3, -0.25) is 4.40 Å². The number of imidazole rings is 1. The molecule has 0 spiro atoms. The highest BCUT2D eigenvalue weighted by atomic mass is 79.9. The summed E-state index contributed by atoms with van der Waals surface area (Å²) in [6.45, 7) is 1.88. The van der Waals surface area contributed by atoms with Crippen LogP contribution < -0.4 is 5.32 Å². The van der Waals surface area contributed by atoms with Gasteiger partial charge in [-0.25, -0.2) is 9.97 Å². The Labute approximate surface area is 141 Å². The molecule has 0 saturated carbocycles. The molecule has 7 heteroatoms. The van der Waals surface area contributed by atoms with E-state index in [-0.39, 0.29) is 12.6 Å². The van der Waals surface area contributed by atoms with E-state index >= 15 is 0 Å². The normalized spacial score (nSPS) is 12.5. The minimum atomic E-state index is -0.131. The lowest BCUT2D eigenvalue weighted by Crippen LogP contribution is -2.20. The molecule has 3 aromatic rings. The molecule has 2 heterocycles. The highest BCUT2D eigenvalue weighted by molar-refractivity contribution is 9.10. The molecular weight excluding hydrogens is 368 g/mol. The zero-order chi connectivity index (χ0) is 15.7. The van der Waals surface area contributed by atoms with Crippen LogP contribution in [0.15, 0.2) is 41.3 Å². The third-order valence-electron chi connectivity index (χ3n) is 3.25. The molecular formula is C15H14BrClN4O. The SMILES string of the molecule is CC(CO)Nc1nc(-c2ccccc2Cl)cn2c(Br)cnc12. The van der Waals surface area contributed by atoms with Gasteiger partial charge in [0.25, 0.3) is 0 Å². The number of nitrogens with one attached hydrogen (secondary N) is 1. The van der Waals surface area contributed by atoms with E-state index in [1.807, 2.05) is 41.8 Å². The number of nitrogens with zero attached hydrogens (tertiary/aromatic N) is 3. The first-order valence-electron chi connectivity index (χ1n) is 6.76. The van der Waals surface area contributed by atoms with Crippen LogP contribution in [-0.2, 0) is 0 Å². The molecule has 2 N–H and O–H groups in total. The summed E-state index contributed by atoms with van der Waals surface area (Å²) in [5.41, 5.74) is 2.25. The van der Waals surface area contributed by atoms with Gasteiger partial charge >= 0.3 is 0 Å². The van der Waals surface area contributed by atoms with Crippen molar-refractivity contribution in [3.8, 4) is 11.3 Å². The van der Waals surface area contributed by atoms with Crippen molar-refractivity contribution in [2.75, 3.05) is 11.9 Å². The maximum Gasteiger partial charge on any atom is 0.181 e. The summed E-state index contributed by atoms with van der Waals surface area (Å²) < 4.78 is 2.70. The van der Waals surface area contributed by atoms with E-state index in [2.05, 4.69) is 31.2 Å². The Morgan fingerprint density at radius 1 is 1.41 bits per heavy atom. The van der Waals surface area contributed by atoms with Crippen molar-refractivity contribution >= 4 is 39.0 Å². The molecule has 3 rings (SSSR count). The van der Waals surface area contributed by atoms with Crippen molar-refractivity contribution in [3.05, 3.63) is 46.3 Å². The predicted molar refractivity (Wildman–Crippen MR) is 91.3 cm³/mol. The number of hydrogen-bond donors (Lipinski definition) is 2. The standard InChI is InChI=1S/C15H14BrClN4O/c1-9(8-22)19-14-15-18-6-13(16)21(15)7-12(20-14)10-4-2-3-5-11(10)17/h2-7,9,22H,8H2,1H3,(H,19,20). The fourth-order valence-corrected chi connectivity index (χ4v) is 2.74. The lowest BCUT2D eigenvalue weighted by atomic mass is 10.1. The fourth-order valence-electron chi connectivity index (χ4n) is 2.13. The molecule has 0 aliphatic carbocycles. The maximum absolute atomic E-state index is 9.26. The van der Waals surface area contributed by atoms with Crippen molar-refractivity contribution in [1.82, 2.24) is 14.4 Å². The lowest BCUT2D eigenvalue weighted by molar-refractivity contribution is 0.281. The first-order valence-corrected chi connectivity index (χ1v) is 7.93. The van der Waals surface area contributed by atoms with E-state index in [0.717, 1.165) is 15.9 Å². The molecule has 0 aliphatic rings. The zero-order valence-corrected chi connectivity index (χ0v) is 14.1. The molecule has 0 amide bonds. The molecule has 0 fully saturated rings. The van der Waals surface area contributed by atoms with Crippen LogP contribution in [0.3, 0.4) is 0 Å². The van der Waals surface area contributed by atoms with Crippen LogP contribution in [0.4, 0.5) is 5.82 Å². The number of aliphatic hydroxyl groups is 1. The lowest BCUT2D eigenvalue weighted by Gasteiger charge is -2.14. The Kier molecular flexibility index (Phi) is 4.33. The second-order valence-electron chi connectivity index (χ2n) is 4.96. The van der Waals surface area contributed by atoms with Gasteiger partial charge < -0.3 is 10.4 Å². The molecule has 1 atom stereocenters. The van der Waals surface area contributed by atoms with E-state index in [1.54, 1.807) is 6.20 Å². The van der Waals surface area contributed by atoms with Crippen LogP contribution in [0.5, 0.6) is 0 Å². The Balaban J connectivity index is 2.19. The Bertz CT molecular complexity index is 820. The first-order chi connectivity index (χ1) is 10.6. The van der Waals surface area contributed by atoms with Crippen LogP contribution in [0.25, 0.3) is 16.9 Å². The number of halogens is 2. The van der Waals surface area contributed by atoms with Crippen LogP contribution in [0.1, 0.15) is 6.92 Å². The molecule has 1 unspecified atom stereocenters. The number of anilines is 1. The van der Waals surface area contributed by atoms with Gasteiger partial charge in [-0.1, -0.05) is 29.8 Å². The van der Waals surface area contributed by atoms with Crippen molar-refractivity contribution < 1.29 is 5.11 Å². The Morgan fingerprint density at radius 3 is 2.91 bits per heavy atom. The van der Waals surface area contributed by atoms with Gasteiger partial charge in [0, 0.05) is 17.8 Å². The number of aromatic nitrogens is 3. The number of benzene rings is 1. The highest BCUT2D eigenvalue weighted by Gasteiger charge is 2.14. The van der Waals surface area contributed by atoms with Gasteiger partial charge in [-0.2, -0.15) is 0 Å². The van der Waals surface area contributed by atoms with Gasteiger partial charge in [0.1, 0.15) is 4.60 Å². The molecule has 22 heavy (non-hydrogen) atoms. The Hall–Kier alpha value is -1.63. The minimum Gasteiger partial charge on any atom is -0.394 e. The molecule has 5 nitrogen and oxygen atoms in total. The van der Waals surface area contributed by atoms with Gasteiger partial charge in [0.05, 0.1) is 23.5 Å². The summed E-state index contributed by atoms with van der Waals surface area (Å²) in [5.74, 6) is 0.602. The molecule has 1 aromatic carbocycles. The van der Waals surface area contributed by atoms with Crippen molar-refractivity contribution in [3.63, 3.8) is 0 Å². The quantitative estimate of drug-likeness (QED) is 0.725. The largest absolute Gasteiger partial charge is 0.394 e. The average molecular weight is 382 g/mol. The topological polar surface area (TPSA) is 62.5 Å². The summed E-state index contributed by atoms with van der Waals surface area (Å²) in [4.78, 5) is 8.96. The molecule has 2 aromatic heterocycles. The molecule has 0 radical (unpaired) electrons. The minimum absolute atomic E-state index is 0.00599. The van der Waals surface area contributed by atoms with Crippen molar-refractivity contribution in [2.24, 2.45) is 0 Å². The van der Waals surface area contributed by atoms with E-state index in [0.29, 0.717) is 16.5 Å². The summed E-state index contributed by atoms with van der Waals surface area (Å²) in [5, 5.41) is 13.1. The van der Waals surface area contributed by atoms with Gasteiger partial charge in [-0.15, -0.1) is 0 Å². The summed E-state index contributed by atoms with van der Waals surface area (Å²) in [6, 6.07) is 7.41. The predicted octanol–water partition coefficient (Wildman–Crippen LogP) is 3.60. The number of hydrogen-bond acceptors (Lipinski definition) is 4. The number of fused-ring (bicyclic) bond motifs is 1. The molecule has 0 aliphatic heterocycles. The number of aliphatic hydroxyl groups excluding tert-OH is 1. The maximum atomic E-state index is 9.26. The average Bonchev–Trinajstić information content (AvgIpc) is 2.89. The Morgan fingerprint density at radius 2 is 2.18 bits per heavy atom. The second kappa shape index (κ2) is 6.24. The van der Waals surface area contributed by atoms with Crippen LogP contribution in [0, 0.1) is 0 Å². The third-order valence-corrected chi connectivity index (χ3v) is 4.17. The van der Waals surface area contributed by atoms with E-state index in [9.17, 15) is 5.11 Å². The van der Waals surface area contributed by atoms with Crippen LogP contribution >= 0.6 is 27.5 Å². The smallest absolute Gasteiger partial charge is 0.181 e. The van der Waals surface area contributed by atoms with Crippen LogP contribution in [0.2, 0.25) is 5.02 Å². The highest BCUT2D eigenvalue weighted by Crippen LogP contribution is 2.29. The zero-order valence-electron chi connectivity index (χ0n) is 11.8. The first kappa shape index (κ1) is 15.3. The van der Waals surface area contributed by atoms with Gasteiger partial charge in [0.15, 0.2) is 11.5 Å². The summed E-state index contributed by atoms with van der Waals surface area (Å²) >= 11 is 9.74. The summed E-state index contributed by atoms with van der Waals surface area (Å²) in [7, 11) is 0. The molecule has 0 saturated heterocycles. The summed E-state index contributed by atoms with van der Waals surface area (Å²) in [6.07, 6.45) is 3.59. The second-order valence-corrected chi connectivity index (χ2v) is 6.18. The van der Waals surface area contributed by atoms with E-state index < -0.39 is 0 Å². The van der Waals surface area contributed by atoms with Crippen molar-refractivity contribution in [1.29, 1.82) is 0 Å².